The van der Waals surface area contributed by atoms with Crippen molar-refractivity contribution in [1.29, 1.82) is 0 Å². The summed E-state index contributed by atoms with van der Waals surface area (Å²) in [6.45, 7) is 4.94. The largest absolute Gasteiger partial charge is 0.372 e. The molecule has 2 rings (SSSR count). The summed E-state index contributed by atoms with van der Waals surface area (Å²) >= 11 is 3.07. The lowest BCUT2D eigenvalue weighted by atomic mass is 10.1. The number of rotatable bonds is 1. The predicted molar refractivity (Wildman–Crippen MR) is 70.0 cm³/mol. The normalized spacial score (nSPS) is 24.1. The number of morpholine rings is 1. The van der Waals surface area contributed by atoms with Gasteiger partial charge in [0.15, 0.2) is 0 Å². The van der Waals surface area contributed by atoms with E-state index < -0.39 is 5.82 Å². The molecule has 0 aliphatic carbocycles. The highest BCUT2D eigenvalue weighted by atomic mass is 79.9. The first-order valence-corrected chi connectivity index (χ1v) is 6.66. The quantitative estimate of drug-likeness (QED) is 0.797. The third-order valence-electron chi connectivity index (χ3n) is 2.87. The maximum Gasteiger partial charge on any atom is 0.254 e. The summed E-state index contributed by atoms with van der Waals surface area (Å²) in [4.78, 5) is 14.0. The highest BCUT2D eigenvalue weighted by molar-refractivity contribution is 9.10. The first kappa shape index (κ1) is 13.5. The Hall–Kier alpha value is -0.940. The molecule has 0 aromatic heterocycles. The Balaban J connectivity index is 2.17. The van der Waals surface area contributed by atoms with Crippen LogP contribution in [0, 0.1) is 5.82 Å². The Morgan fingerprint density at radius 3 is 2.56 bits per heavy atom. The number of carbonyl (C=O) groups is 1. The zero-order valence-electron chi connectivity index (χ0n) is 10.3. The number of halogens is 2. The molecule has 1 aromatic carbocycles. The second kappa shape index (κ2) is 5.36. The van der Waals surface area contributed by atoms with E-state index in [2.05, 4.69) is 15.9 Å². The molecule has 1 fully saturated rings. The highest BCUT2D eigenvalue weighted by Gasteiger charge is 2.26. The molecule has 1 aliphatic rings. The Morgan fingerprint density at radius 1 is 1.39 bits per heavy atom. The molecule has 0 spiro atoms. The van der Waals surface area contributed by atoms with E-state index in [0.717, 1.165) is 0 Å². The Kier molecular flexibility index (Phi) is 4.02. The summed E-state index contributed by atoms with van der Waals surface area (Å²) in [5.41, 5.74) is 0.372. The number of amides is 1. The van der Waals surface area contributed by atoms with Crippen molar-refractivity contribution < 1.29 is 13.9 Å². The van der Waals surface area contributed by atoms with Crippen LogP contribution in [0.4, 0.5) is 4.39 Å². The topological polar surface area (TPSA) is 29.5 Å². The molecule has 1 amide bonds. The van der Waals surface area contributed by atoms with E-state index in [9.17, 15) is 9.18 Å². The average molecular weight is 316 g/mol. The molecular weight excluding hydrogens is 301 g/mol. The summed E-state index contributed by atoms with van der Waals surface area (Å²) in [5, 5.41) is 0. The van der Waals surface area contributed by atoms with Crippen LogP contribution in [0.5, 0.6) is 0 Å². The minimum Gasteiger partial charge on any atom is -0.372 e. The number of nitrogens with zero attached hydrogens (tertiary/aromatic N) is 1. The van der Waals surface area contributed by atoms with Crippen LogP contribution in [0.25, 0.3) is 0 Å². The molecule has 0 radical (unpaired) electrons. The third-order valence-corrected chi connectivity index (χ3v) is 3.52. The standard InChI is InChI=1S/C13H15BrFNO2/c1-8-6-16(7-9(2)18-8)13(17)10-3-4-11(14)12(15)5-10/h3-5,8-9H,6-7H2,1-2H3/t8-,9+. The monoisotopic (exact) mass is 315 g/mol. The molecule has 1 aliphatic heterocycles. The van der Waals surface area contributed by atoms with Crippen molar-refractivity contribution in [2.45, 2.75) is 26.1 Å². The summed E-state index contributed by atoms with van der Waals surface area (Å²) in [5.74, 6) is -0.571. The van der Waals surface area contributed by atoms with E-state index >= 15 is 0 Å². The van der Waals surface area contributed by atoms with E-state index in [1.54, 1.807) is 17.0 Å². The van der Waals surface area contributed by atoms with Crippen molar-refractivity contribution in [3.8, 4) is 0 Å². The van der Waals surface area contributed by atoms with Gasteiger partial charge in [0.1, 0.15) is 5.82 Å². The van der Waals surface area contributed by atoms with Crippen molar-refractivity contribution >= 4 is 21.8 Å². The Bertz CT molecular complexity index is 456. The van der Waals surface area contributed by atoms with Crippen molar-refractivity contribution in [1.82, 2.24) is 4.90 Å². The SMILES string of the molecule is C[C@@H]1CN(C(=O)c2ccc(Br)c(F)c2)C[C@H](C)O1. The molecule has 1 heterocycles. The third kappa shape index (κ3) is 2.90. The van der Waals surface area contributed by atoms with Gasteiger partial charge in [0.05, 0.1) is 16.7 Å². The second-order valence-corrected chi connectivity index (χ2v) is 5.45. The predicted octanol–water partition coefficient (Wildman–Crippen LogP) is 2.84. The number of ether oxygens (including phenoxy) is 1. The summed E-state index contributed by atoms with van der Waals surface area (Å²) in [6.07, 6.45) is 0.0241. The molecular formula is C13H15BrFNO2. The Labute approximate surface area is 114 Å². The molecule has 0 unspecified atom stereocenters. The van der Waals surface area contributed by atoms with Crippen LogP contribution in [-0.4, -0.2) is 36.1 Å². The van der Waals surface area contributed by atoms with Crippen molar-refractivity contribution in [2.24, 2.45) is 0 Å². The van der Waals surface area contributed by atoms with Crippen LogP contribution in [0.1, 0.15) is 24.2 Å². The number of hydrogen-bond donors (Lipinski definition) is 0. The molecule has 5 heteroatoms. The van der Waals surface area contributed by atoms with Gasteiger partial charge in [0.2, 0.25) is 0 Å². The second-order valence-electron chi connectivity index (χ2n) is 4.60. The van der Waals surface area contributed by atoms with E-state index in [-0.39, 0.29) is 18.1 Å². The van der Waals surface area contributed by atoms with Gasteiger partial charge in [-0.25, -0.2) is 4.39 Å². The van der Waals surface area contributed by atoms with Gasteiger partial charge in [-0.05, 0) is 48.0 Å². The van der Waals surface area contributed by atoms with Crippen molar-refractivity contribution in [3.63, 3.8) is 0 Å². The van der Waals surface area contributed by atoms with Gasteiger partial charge in [-0.15, -0.1) is 0 Å². The fraction of sp³-hybridized carbons (Fsp3) is 0.462. The molecule has 1 aromatic rings. The lowest BCUT2D eigenvalue weighted by Crippen LogP contribution is -2.48. The van der Waals surface area contributed by atoms with Gasteiger partial charge in [-0.3, -0.25) is 4.79 Å². The highest BCUT2D eigenvalue weighted by Crippen LogP contribution is 2.19. The van der Waals surface area contributed by atoms with Crippen LogP contribution in [-0.2, 0) is 4.74 Å². The molecule has 0 bridgehead atoms. The van der Waals surface area contributed by atoms with Gasteiger partial charge >= 0.3 is 0 Å². The minimum atomic E-state index is -0.421. The number of carbonyl (C=O) groups excluding carboxylic acids is 1. The van der Waals surface area contributed by atoms with Crippen LogP contribution in [0.15, 0.2) is 22.7 Å². The molecule has 0 saturated carbocycles. The molecule has 2 atom stereocenters. The van der Waals surface area contributed by atoms with E-state index in [1.807, 2.05) is 13.8 Å². The average Bonchev–Trinajstić information content (AvgIpc) is 2.30. The van der Waals surface area contributed by atoms with Crippen molar-refractivity contribution in [3.05, 3.63) is 34.1 Å². The van der Waals surface area contributed by atoms with Crippen LogP contribution >= 0.6 is 15.9 Å². The lowest BCUT2D eigenvalue weighted by Gasteiger charge is -2.35. The first-order valence-electron chi connectivity index (χ1n) is 5.87. The molecule has 1 saturated heterocycles. The fourth-order valence-corrected chi connectivity index (χ4v) is 2.40. The van der Waals surface area contributed by atoms with E-state index in [1.165, 1.54) is 6.07 Å². The minimum absolute atomic E-state index is 0.0120. The first-order chi connectivity index (χ1) is 8.47. The van der Waals surface area contributed by atoms with Crippen LogP contribution in [0.3, 0.4) is 0 Å². The zero-order chi connectivity index (χ0) is 13.3. The van der Waals surface area contributed by atoms with Gasteiger partial charge < -0.3 is 9.64 Å². The molecule has 3 nitrogen and oxygen atoms in total. The zero-order valence-corrected chi connectivity index (χ0v) is 11.9. The lowest BCUT2D eigenvalue weighted by molar-refractivity contribution is -0.0586. The van der Waals surface area contributed by atoms with E-state index in [4.69, 9.17) is 4.74 Å². The molecule has 18 heavy (non-hydrogen) atoms. The molecule has 98 valence electrons. The van der Waals surface area contributed by atoms with Gasteiger partial charge in [0.25, 0.3) is 5.91 Å². The fourth-order valence-electron chi connectivity index (χ4n) is 2.16. The van der Waals surface area contributed by atoms with Crippen LogP contribution < -0.4 is 0 Å². The Morgan fingerprint density at radius 2 is 2.00 bits per heavy atom. The summed E-state index contributed by atoms with van der Waals surface area (Å²) < 4.78 is 19.4. The smallest absolute Gasteiger partial charge is 0.254 e. The molecule has 0 N–H and O–H groups in total. The van der Waals surface area contributed by atoms with Gasteiger partial charge in [-0.1, -0.05) is 0 Å². The van der Waals surface area contributed by atoms with Crippen LogP contribution in [0.2, 0.25) is 0 Å². The van der Waals surface area contributed by atoms with Gasteiger partial charge in [0, 0.05) is 18.7 Å². The maximum atomic E-state index is 13.4. The summed E-state index contributed by atoms with van der Waals surface area (Å²) in [6, 6.07) is 4.44. The number of hydrogen-bond acceptors (Lipinski definition) is 2. The summed E-state index contributed by atoms with van der Waals surface area (Å²) in [7, 11) is 0. The van der Waals surface area contributed by atoms with Gasteiger partial charge in [-0.2, -0.15) is 0 Å². The van der Waals surface area contributed by atoms with Crippen molar-refractivity contribution in [2.75, 3.05) is 13.1 Å². The maximum absolute atomic E-state index is 13.4. The van der Waals surface area contributed by atoms with E-state index in [0.29, 0.717) is 23.1 Å². The number of benzene rings is 1.